The normalized spacial score (nSPS) is 16.7. The van der Waals surface area contributed by atoms with Crippen molar-refractivity contribution in [1.29, 1.82) is 0 Å². The van der Waals surface area contributed by atoms with E-state index in [4.69, 9.17) is 11.6 Å². The van der Waals surface area contributed by atoms with E-state index in [9.17, 15) is 9.59 Å². The first-order valence-corrected chi connectivity index (χ1v) is 8.49. The Hall–Kier alpha value is -2.67. The quantitative estimate of drug-likeness (QED) is 0.880. The molecular formula is C17H16ClN5O2. The lowest BCUT2D eigenvalue weighted by Gasteiger charge is -2.17. The summed E-state index contributed by atoms with van der Waals surface area (Å²) in [6, 6.07) is 8.25. The van der Waals surface area contributed by atoms with Gasteiger partial charge in [-0.05, 0) is 43.2 Å². The highest BCUT2D eigenvalue weighted by atomic mass is 35.5. The van der Waals surface area contributed by atoms with E-state index in [1.807, 2.05) is 6.07 Å². The second kappa shape index (κ2) is 6.33. The number of aromatic nitrogens is 2. The van der Waals surface area contributed by atoms with E-state index in [1.165, 1.54) is 4.90 Å². The topological polar surface area (TPSA) is 87.2 Å². The van der Waals surface area contributed by atoms with Gasteiger partial charge in [-0.1, -0.05) is 11.6 Å². The highest BCUT2D eigenvalue weighted by Crippen LogP contribution is 2.38. The molecule has 2 heterocycles. The van der Waals surface area contributed by atoms with E-state index < -0.39 is 0 Å². The van der Waals surface area contributed by atoms with Crippen molar-refractivity contribution in [2.75, 3.05) is 23.3 Å². The number of benzene rings is 1. The Bertz CT molecular complexity index is 835. The second-order valence-corrected chi connectivity index (χ2v) is 6.53. The molecule has 0 bridgehead atoms. The van der Waals surface area contributed by atoms with Crippen LogP contribution in [0.1, 0.15) is 34.8 Å². The molecule has 0 spiro atoms. The molecule has 4 rings (SSSR count). The predicted octanol–water partition coefficient (Wildman–Crippen LogP) is 2.79. The molecule has 2 aromatic rings. The van der Waals surface area contributed by atoms with Crippen LogP contribution in [0.5, 0.6) is 0 Å². The molecule has 0 radical (unpaired) electrons. The zero-order valence-electron chi connectivity index (χ0n) is 13.3. The molecule has 1 saturated carbocycles. The zero-order valence-corrected chi connectivity index (χ0v) is 14.1. The number of nitrogens with zero attached hydrogens (tertiary/aromatic N) is 3. The first-order valence-electron chi connectivity index (χ1n) is 8.12. The molecule has 128 valence electrons. The molecule has 2 aliphatic rings. The summed E-state index contributed by atoms with van der Waals surface area (Å²) in [5.41, 5.74) is 1.87. The lowest BCUT2D eigenvalue weighted by molar-refractivity contribution is 0.102. The molecule has 1 aliphatic carbocycles. The third kappa shape index (κ3) is 3.28. The Morgan fingerprint density at radius 2 is 2.08 bits per heavy atom. The first kappa shape index (κ1) is 15.8. The van der Waals surface area contributed by atoms with E-state index in [0.29, 0.717) is 41.1 Å². The molecule has 25 heavy (non-hydrogen) atoms. The van der Waals surface area contributed by atoms with Crippen molar-refractivity contribution < 1.29 is 9.59 Å². The Kier molecular flexibility index (Phi) is 4.01. The molecule has 7 nitrogen and oxygen atoms in total. The van der Waals surface area contributed by atoms with Gasteiger partial charge in [-0.15, -0.1) is 5.10 Å². The van der Waals surface area contributed by atoms with Gasteiger partial charge in [0.25, 0.3) is 5.91 Å². The number of hydrogen-bond acceptors (Lipinski definition) is 4. The van der Waals surface area contributed by atoms with Gasteiger partial charge >= 0.3 is 6.03 Å². The van der Waals surface area contributed by atoms with Crippen LogP contribution in [-0.4, -0.2) is 35.2 Å². The molecule has 1 saturated heterocycles. The van der Waals surface area contributed by atoms with Crippen LogP contribution in [0, 0.1) is 0 Å². The number of rotatable bonds is 4. The number of urea groups is 1. The summed E-state index contributed by atoms with van der Waals surface area (Å²) in [5, 5.41) is 14.0. The summed E-state index contributed by atoms with van der Waals surface area (Å²) in [7, 11) is 0. The minimum absolute atomic E-state index is 0.221. The Morgan fingerprint density at radius 3 is 2.72 bits per heavy atom. The van der Waals surface area contributed by atoms with Gasteiger partial charge in [0.2, 0.25) is 0 Å². The van der Waals surface area contributed by atoms with E-state index in [-0.39, 0.29) is 11.9 Å². The number of nitrogens with one attached hydrogen (secondary N) is 2. The summed E-state index contributed by atoms with van der Waals surface area (Å²) in [6.45, 7) is 1.06. The van der Waals surface area contributed by atoms with Crippen LogP contribution in [0.2, 0.25) is 5.02 Å². The third-order valence-electron chi connectivity index (χ3n) is 4.28. The standard InChI is InChI=1S/C17H16ClN5O2/c18-12-4-3-11(9-14(12)23-8-7-19-17(23)25)16(24)20-15-6-5-13(21-22-15)10-1-2-10/h3-6,9-10H,1-2,7-8H2,(H,19,25)(H,20,22,24). The van der Waals surface area contributed by atoms with Crippen LogP contribution in [-0.2, 0) is 0 Å². The summed E-state index contributed by atoms with van der Waals surface area (Å²) in [5.74, 6) is 0.582. The molecule has 0 unspecified atom stereocenters. The molecule has 2 fully saturated rings. The van der Waals surface area contributed by atoms with Crippen molar-refractivity contribution in [2.45, 2.75) is 18.8 Å². The van der Waals surface area contributed by atoms with E-state index >= 15 is 0 Å². The number of hydrogen-bond donors (Lipinski definition) is 2. The van der Waals surface area contributed by atoms with Crippen LogP contribution in [0.25, 0.3) is 0 Å². The SMILES string of the molecule is O=C(Nc1ccc(C2CC2)nn1)c1ccc(Cl)c(N2CCNC2=O)c1. The van der Waals surface area contributed by atoms with Crippen molar-refractivity contribution in [2.24, 2.45) is 0 Å². The monoisotopic (exact) mass is 357 g/mol. The summed E-state index contributed by atoms with van der Waals surface area (Å²) < 4.78 is 0. The van der Waals surface area contributed by atoms with E-state index in [2.05, 4.69) is 20.8 Å². The molecule has 1 aromatic carbocycles. The average Bonchev–Trinajstić information content (AvgIpc) is 3.38. The van der Waals surface area contributed by atoms with Gasteiger partial charge < -0.3 is 10.6 Å². The third-order valence-corrected chi connectivity index (χ3v) is 4.60. The number of carbonyl (C=O) groups excluding carboxylic acids is 2. The van der Waals surface area contributed by atoms with Crippen LogP contribution in [0.15, 0.2) is 30.3 Å². The maximum absolute atomic E-state index is 12.5. The van der Waals surface area contributed by atoms with Crippen LogP contribution in [0.4, 0.5) is 16.3 Å². The fourth-order valence-corrected chi connectivity index (χ4v) is 2.98. The Balaban J connectivity index is 1.52. The van der Waals surface area contributed by atoms with E-state index in [1.54, 1.807) is 24.3 Å². The van der Waals surface area contributed by atoms with Crippen LogP contribution >= 0.6 is 11.6 Å². The number of amides is 3. The van der Waals surface area contributed by atoms with Crippen molar-refractivity contribution in [3.63, 3.8) is 0 Å². The number of carbonyl (C=O) groups is 2. The average molecular weight is 358 g/mol. The lowest BCUT2D eigenvalue weighted by atomic mass is 10.1. The maximum Gasteiger partial charge on any atom is 0.322 e. The molecule has 1 aromatic heterocycles. The maximum atomic E-state index is 12.5. The summed E-state index contributed by atoms with van der Waals surface area (Å²) >= 11 is 6.18. The minimum Gasteiger partial charge on any atom is -0.336 e. The zero-order chi connectivity index (χ0) is 17.4. The van der Waals surface area contributed by atoms with Gasteiger partial charge in [0.05, 0.1) is 16.4 Å². The molecule has 0 atom stereocenters. The van der Waals surface area contributed by atoms with Crippen LogP contribution < -0.4 is 15.5 Å². The molecule has 1 aliphatic heterocycles. The first-order chi connectivity index (χ1) is 12.1. The summed E-state index contributed by atoms with van der Waals surface area (Å²) in [6.07, 6.45) is 2.30. The number of halogens is 1. The fourth-order valence-electron chi connectivity index (χ4n) is 2.76. The molecule has 3 amide bonds. The summed E-state index contributed by atoms with van der Waals surface area (Å²) in [4.78, 5) is 25.8. The molecule has 8 heteroatoms. The van der Waals surface area contributed by atoms with Crippen molar-refractivity contribution in [3.8, 4) is 0 Å². The van der Waals surface area contributed by atoms with Gasteiger partial charge in [0, 0.05) is 24.6 Å². The molecular weight excluding hydrogens is 342 g/mol. The van der Waals surface area contributed by atoms with Gasteiger partial charge in [-0.2, -0.15) is 5.10 Å². The smallest absolute Gasteiger partial charge is 0.322 e. The van der Waals surface area contributed by atoms with Gasteiger partial charge in [0.15, 0.2) is 5.82 Å². The Morgan fingerprint density at radius 1 is 1.24 bits per heavy atom. The van der Waals surface area contributed by atoms with E-state index in [0.717, 1.165) is 18.5 Å². The van der Waals surface area contributed by atoms with Crippen molar-refractivity contribution >= 4 is 35.0 Å². The number of anilines is 2. The Labute approximate surface area is 149 Å². The van der Waals surface area contributed by atoms with Crippen LogP contribution in [0.3, 0.4) is 0 Å². The predicted molar refractivity (Wildman–Crippen MR) is 94.2 cm³/mol. The van der Waals surface area contributed by atoms with Crippen molar-refractivity contribution in [3.05, 3.63) is 46.6 Å². The van der Waals surface area contributed by atoms with Gasteiger partial charge in [-0.3, -0.25) is 9.69 Å². The van der Waals surface area contributed by atoms with Gasteiger partial charge in [-0.25, -0.2) is 4.79 Å². The van der Waals surface area contributed by atoms with Gasteiger partial charge in [0.1, 0.15) is 0 Å². The highest BCUT2D eigenvalue weighted by Gasteiger charge is 2.26. The van der Waals surface area contributed by atoms with Crippen molar-refractivity contribution in [1.82, 2.24) is 15.5 Å². The highest BCUT2D eigenvalue weighted by molar-refractivity contribution is 6.34. The fraction of sp³-hybridized carbons (Fsp3) is 0.294. The second-order valence-electron chi connectivity index (χ2n) is 6.12. The molecule has 2 N–H and O–H groups in total. The lowest BCUT2D eigenvalue weighted by Crippen LogP contribution is -2.28. The largest absolute Gasteiger partial charge is 0.336 e. The minimum atomic E-state index is -0.328.